The molecule has 0 N–H and O–H groups in total. The fourth-order valence-electron chi connectivity index (χ4n) is 3.48. The van der Waals surface area contributed by atoms with Crippen LogP contribution in [0.1, 0.15) is 15.9 Å². The van der Waals surface area contributed by atoms with E-state index in [2.05, 4.69) is 0 Å². The Morgan fingerprint density at radius 3 is 2.23 bits per heavy atom. The molecule has 4 rings (SSSR count). The van der Waals surface area contributed by atoms with Gasteiger partial charge in [-0.25, -0.2) is 4.39 Å². The number of nitrogens with zero attached hydrogens (tertiary/aromatic N) is 2. The van der Waals surface area contributed by atoms with Crippen molar-refractivity contribution >= 4 is 35.0 Å². The summed E-state index contributed by atoms with van der Waals surface area (Å²) in [5.74, 6) is 0.640. The maximum absolute atomic E-state index is 14.0. The summed E-state index contributed by atoms with van der Waals surface area (Å²) in [5.41, 5.74) is 2.46. The molecule has 0 bridgehead atoms. The Balaban J connectivity index is 1.32. The zero-order chi connectivity index (χ0) is 20.9. The summed E-state index contributed by atoms with van der Waals surface area (Å²) in [6.45, 7) is 2.42. The molecule has 0 unspecified atom stereocenters. The molecule has 0 aliphatic carbocycles. The fraction of sp³-hybridized carbons (Fsp3) is 0.208. The van der Waals surface area contributed by atoms with Gasteiger partial charge < -0.3 is 9.80 Å². The number of amides is 1. The van der Waals surface area contributed by atoms with Crippen LogP contribution in [0.25, 0.3) is 0 Å². The molecule has 30 heavy (non-hydrogen) atoms. The average molecular weight is 441 g/mol. The molecular weight excluding hydrogens is 419 g/mol. The van der Waals surface area contributed by atoms with Crippen LogP contribution in [0.4, 0.5) is 10.1 Å². The van der Waals surface area contributed by atoms with E-state index in [-0.39, 0.29) is 11.7 Å². The van der Waals surface area contributed by atoms with Crippen molar-refractivity contribution in [2.24, 2.45) is 0 Å². The highest BCUT2D eigenvalue weighted by Crippen LogP contribution is 2.25. The minimum absolute atomic E-state index is 0.0279. The van der Waals surface area contributed by atoms with Crippen LogP contribution in [0.3, 0.4) is 0 Å². The van der Waals surface area contributed by atoms with Crippen LogP contribution in [0, 0.1) is 5.82 Å². The Morgan fingerprint density at radius 2 is 1.57 bits per heavy atom. The lowest BCUT2D eigenvalue weighted by molar-refractivity contribution is 0.0746. The first-order valence-corrected chi connectivity index (χ1v) is 11.2. The highest BCUT2D eigenvalue weighted by molar-refractivity contribution is 7.98. The van der Waals surface area contributed by atoms with Gasteiger partial charge in [-0.2, -0.15) is 0 Å². The van der Waals surface area contributed by atoms with E-state index < -0.39 is 0 Å². The second kappa shape index (κ2) is 9.54. The van der Waals surface area contributed by atoms with Crippen LogP contribution in [-0.4, -0.2) is 37.0 Å². The molecule has 1 amide bonds. The van der Waals surface area contributed by atoms with Gasteiger partial charge in [0, 0.05) is 47.4 Å². The Bertz CT molecular complexity index is 1000. The van der Waals surface area contributed by atoms with Gasteiger partial charge in [0.15, 0.2) is 0 Å². The molecule has 3 nitrogen and oxygen atoms in total. The summed E-state index contributed by atoms with van der Waals surface area (Å²) in [6, 6.07) is 22.4. The van der Waals surface area contributed by atoms with Crippen LogP contribution in [0.2, 0.25) is 5.02 Å². The number of para-hydroxylation sites is 1. The first-order chi connectivity index (χ1) is 14.6. The van der Waals surface area contributed by atoms with Crippen LogP contribution >= 0.6 is 23.4 Å². The molecule has 0 atom stereocenters. The Morgan fingerprint density at radius 1 is 0.900 bits per heavy atom. The topological polar surface area (TPSA) is 23.6 Å². The van der Waals surface area contributed by atoms with Crippen molar-refractivity contribution in [2.75, 3.05) is 31.1 Å². The predicted molar refractivity (Wildman–Crippen MR) is 122 cm³/mol. The molecule has 1 saturated heterocycles. The molecule has 1 heterocycles. The van der Waals surface area contributed by atoms with Crippen LogP contribution < -0.4 is 4.90 Å². The van der Waals surface area contributed by atoms with Crippen LogP contribution in [0.15, 0.2) is 77.7 Å². The van der Waals surface area contributed by atoms with Crippen molar-refractivity contribution in [3.05, 3.63) is 94.8 Å². The lowest BCUT2D eigenvalue weighted by Crippen LogP contribution is -2.49. The van der Waals surface area contributed by atoms with Gasteiger partial charge in [0.2, 0.25) is 0 Å². The van der Waals surface area contributed by atoms with Crippen LogP contribution in [-0.2, 0) is 5.75 Å². The quantitative estimate of drug-likeness (QED) is 0.473. The summed E-state index contributed by atoms with van der Waals surface area (Å²) in [6.07, 6.45) is 0. The second-order valence-corrected chi connectivity index (χ2v) is 8.66. The lowest BCUT2D eigenvalue weighted by Gasteiger charge is -2.36. The van der Waals surface area contributed by atoms with E-state index >= 15 is 0 Å². The Hall–Kier alpha value is -2.50. The minimum atomic E-state index is -0.218. The van der Waals surface area contributed by atoms with E-state index in [1.807, 2.05) is 64.4 Å². The molecule has 0 spiro atoms. The summed E-state index contributed by atoms with van der Waals surface area (Å²) < 4.78 is 14.0. The fourth-order valence-corrected chi connectivity index (χ4v) is 4.46. The summed E-state index contributed by atoms with van der Waals surface area (Å²) in [7, 11) is 0. The van der Waals surface area contributed by atoms with Crippen molar-refractivity contribution in [3.63, 3.8) is 0 Å². The normalized spacial score (nSPS) is 14.1. The molecule has 3 aromatic carbocycles. The smallest absolute Gasteiger partial charge is 0.253 e. The van der Waals surface area contributed by atoms with E-state index in [1.165, 1.54) is 6.07 Å². The number of rotatable bonds is 5. The number of thioether (sulfide) groups is 1. The van der Waals surface area contributed by atoms with E-state index in [1.54, 1.807) is 23.9 Å². The molecule has 1 fully saturated rings. The monoisotopic (exact) mass is 440 g/mol. The average Bonchev–Trinajstić information content (AvgIpc) is 2.79. The molecule has 1 aliphatic heterocycles. The Labute approximate surface area is 185 Å². The molecular formula is C24H22ClFN2OS. The first-order valence-electron chi connectivity index (χ1n) is 9.86. The van der Waals surface area contributed by atoms with E-state index in [0.717, 1.165) is 21.2 Å². The van der Waals surface area contributed by atoms with Crippen molar-refractivity contribution in [2.45, 2.75) is 10.6 Å². The maximum Gasteiger partial charge on any atom is 0.253 e. The summed E-state index contributed by atoms with van der Waals surface area (Å²) in [4.78, 5) is 17.8. The molecule has 0 aromatic heterocycles. The number of carbonyl (C=O) groups is 1. The molecule has 1 aliphatic rings. The zero-order valence-electron chi connectivity index (χ0n) is 16.4. The lowest BCUT2D eigenvalue weighted by atomic mass is 10.1. The van der Waals surface area contributed by atoms with Crippen molar-refractivity contribution in [1.29, 1.82) is 0 Å². The number of hydrogen-bond acceptors (Lipinski definition) is 3. The van der Waals surface area contributed by atoms with Gasteiger partial charge in [0.05, 0.1) is 5.69 Å². The Kier molecular flexibility index (Phi) is 6.60. The van der Waals surface area contributed by atoms with Gasteiger partial charge in [-0.1, -0.05) is 35.9 Å². The standard InChI is InChI=1S/C24H22ClFN2OS/c25-20-9-11-21(12-10-20)30-17-18-5-7-19(8-6-18)24(29)28-15-13-27(14-16-28)23-4-2-1-3-22(23)26/h1-12H,13-17H2. The van der Waals surface area contributed by atoms with Crippen molar-refractivity contribution in [3.8, 4) is 0 Å². The number of piperazine rings is 1. The van der Waals surface area contributed by atoms with Gasteiger partial charge in [0.1, 0.15) is 5.82 Å². The number of benzene rings is 3. The third-order valence-electron chi connectivity index (χ3n) is 5.18. The molecule has 0 radical (unpaired) electrons. The van der Waals surface area contributed by atoms with Crippen molar-refractivity contribution in [1.82, 2.24) is 4.90 Å². The minimum Gasteiger partial charge on any atom is -0.366 e. The second-order valence-electron chi connectivity index (χ2n) is 7.17. The largest absolute Gasteiger partial charge is 0.366 e. The third kappa shape index (κ3) is 4.97. The summed E-state index contributed by atoms with van der Waals surface area (Å²) in [5, 5.41) is 0.733. The van der Waals surface area contributed by atoms with Gasteiger partial charge in [0.25, 0.3) is 5.91 Å². The summed E-state index contributed by atoms with van der Waals surface area (Å²) >= 11 is 7.66. The highest BCUT2D eigenvalue weighted by atomic mass is 35.5. The first kappa shape index (κ1) is 20.8. The number of hydrogen-bond donors (Lipinski definition) is 0. The maximum atomic E-state index is 14.0. The van der Waals surface area contributed by atoms with Gasteiger partial charge in [-0.3, -0.25) is 4.79 Å². The van der Waals surface area contributed by atoms with Crippen LogP contribution in [0.5, 0.6) is 0 Å². The van der Waals surface area contributed by atoms with E-state index in [4.69, 9.17) is 11.6 Å². The zero-order valence-corrected chi connectivity index (χ0v) is 18.0. The molecule has 3 aromatic rings. The van der Waals surface area contributed by atoms with E-state index in [9.17, 15) is 9.18 Å². The third-order valence-corrected chi connectivity index (χ3v) is 6.52. The number of anilines is 1. The highest BCUT2D eigenvalue weighted by Gasteiger charge is 2.23. The molecule has 154 valence electrons. The molecule has 6 heteroatoms. The number of carbonyl (C=O) groups excluding carboxylic acids is 1. The van der Waals surface area contributed by atoms with Gasteiger partial charge in [-0.05, 0) is 54.1 Å². The van der Waals surface area contributed by atoms with E-state index in [0.29, 0.717) is 37.4 Å². The predicted octanol–water partition coefficient (Wildman–Crippen LogP) is 5.73. The van der Waals surface area contributed by atoms with Gasteiger partial charge in [-0.15, -0.1) is 11.8 Å². The molecule has 0 saturated carbocycles. The SMILES string of the molecule is O=C(c1ccc(CSc2ccc(Cl)cc2)cc1)N1CCN(c2ccccc2F)CC1. The van der Waals surface area contributed by atoms with Gasteiger partial charge >= 0.3 is 0 Å². The number of halogens is 2. The van der Waals surface area contributed by atoms with Crippen molar-refractivity contribution < 1.29 is 9.18 Å².